The van der Waals surface area contributed by atoms with E-state index >= 15 is 0 Å². The minimum atomic E-state index is 0.0256. The molecule has 0 aromatic heterocycles. The van der Waals surface area contributed by atoms with Gasteiger partial charge in [0, 0.05) is 31.5 Å². The van der Waals surface area contributed by atoms with Crippen LogP contribution < -0.4 is 10.6 Å². The maximum Gasteiger partial charge on any atom is 0.222 e. The molecule has 3 nitrogen and oxygen atoms in total. The molecule has 3 heteroatoms. The van der Waals surface area contributed by atoms with Crippen molar-refractivity contribution < 1.29 is 4.79 Å². The van der Waals surface area contributed by atoms with Crippen molar-refractivity contribution in [2.45, 2.75) is 33.2 Å². The first-order chi connectivity index (χ1) is 12.6. The standard InChI is InChI=1S/C23H28N2O/c1-18(2)23(26)25-17-10-6-4-5-9-16-24-19(3)21-15-11-13-20-12-7-8-14-22(20)21/h5,7-9,11-15,18-19,24H,10,16-17H2,1-3H3,(H,25,26)/b9-5+/t19-/m1/s1. The second-order valence-electron chi connectivity index (χ2n) is 6.62. The zero-order chi connectivity index (χ0) is 18.8. The average molecular weight is 348 g/mol. The summed E-state index contributed by atoms with van der Waals surface area (Å²) in [6.45, 7) is 7.32. The molecule has 1 atom stereocenters. The van der Waals surface area contributed by atoms with Crippen LogP contribution in [0.5, 0.6) is 0 Å². The lowest BCUT2D eigenvalue weighted by molar-refractivity contribution is -0.123. The molecule has 2 aromatic rings. The van der Waals surface area contributed by atoms with Crippen LogP contribution in [0.2, 0.25) is 0 Å². The number of carbonyl (C=O) groups is 1. The Balaban J connectivity index is 1.75. The van der Waals surface area contributed by atoms with Gasteiger partial charge < -0.3 is 10.6 Å². The molecule has 26 heavy (non-hydrogen) atoms. The Morgan fingerprint density at radius 2 is 1.88 bits per heavy atom. The molecule has 0 saturated carbocycles. The fourth-order valence-corrected chi connectivity index (χ4v) is 2.68. The summed E-state index contributed by atoms with van der Waals surface area (Å²) in [7, 11) is 0. The Bertz CT molecular complexity index is 806. The number of hydrogen-bond donors (Lipinski definition) is 2. The largest absolute Gasteiger partial charge is 0.355 e. The summed E-state index contributed by atoms with van der Waals surface area (Å²) in [4.78, 5) is 11.4. The Kier molecular flexibility index (Phi) is 7.92. The van der Waals surface area contributed by atoms with Crippen molar-refractivity contribution in [3.8, 4) is 11.8 Å². The van der Waals surface area contributed by atoms with E-state index in [0.29, 0.717) is 13.0 Å². The van der Waals surface area contributed by atoms with Gasteiger partial charge in [0.1, 0.15) is 0 Å². The third kappa shape index (κ3) is 6.06. The SMILES string of the molecule is CC(C)C(=O)NCCC#C/C=C/CN[C@H](C)c1cccc2ccccc12. The Morgan fingerprint density at radius 1 is 1.12 bits per heavy atom. The lowest BCUT2D eigenvalue weighted by Gasteiger charge is -2.15. The van der Waals surface area contributed by atoms with Gasteiger partial charge in [-0.2, -0.15) is 0 Å². The van der Waals surface area contributed by atoms with E-state index < -0.39 is 0 Å². The van der Waals surface area contributed by atoms with E-state index in [1.807, 2.05) is 26.0 Å². The summed E-state index contributed by atoms with van der Waals surface area (Å²) in [5, 5.41) is 8.92. The normalized spacial score (nSPS) is 12.2. The molecule has 0 bridgehead atoms. The van der Waals surface area contributed by atoms with Crippen LogP contribution in [-0.4, -0.2) is 19.0 Å². The molecule has 1 amide bonds. The topological polar surface area (TPSA) is 41.1 Å². The summed E-state index contributed by atoms with van der Waals surface area (Å²) < 4.78 is 0. The van der Waals surface area contributed by atoms with Crippen molar-refractivity contribution in [2.24, 2.45) is 5.92 Å². The zero-order valence-corrected chi connectivity index (χ0v) is 15.9. The van der Waals surface area contributed by atoms with Gasteiger partial charge in [-0.15, -0.1) is 0 Å². The van der Waals surface area contributed by atoms with Crippen molar-refractivity contribution in [2.75, 3.05) is 13.1 Å². The molecular weight excluding hydrogens is 320 g/mol. The number of amides is 1. The van der Waals surface area contributed by atoms with Crippen molar-refractivity contribution in [3.05, 3.63) is 60.2 Å². The fraction of sp³-hybridized carbons (Fsp3) is 0.348. The van der Waals surface area contributed by atoms with Crippen LogP contribution in [0.4, 0.5) is 0 Å². The molecule has 2 N–H and O–H groups in total. The van der Waals surface area contributed by atoms with E-state index in [4.69, 9.17) is 0 Å². The Hall–Kier alpha value is -2.57. The summed E-state index contributed by atoms with van der Waals surface area (Å²) in [6, 6.07) is 15.2. The van der Waals surface area contributed by atoms with Crippen molar-refractivity contribution in [3.63, 3.8) is 0 Å². The van der Waals surface area contributed by atoms with E-state index in [1.165, 1.54) is 16.3 Å². The highest BCUT2D eigenvalue weighted by Gasteiger charge is 2.07. The Labute approximate surface area is 156 Å². The molecular formula is C23H28N2O. The van der Waals surface area contributed by atoms with Gasteiger partial charge in [0.15, 0.2) is 0 Å². The van der Waals surface area contributed by atoms with Crippen molar-refractivity contribution >= 4 is 16.7 Å². The van der Waals surface area contributed by atoms with Crippen LogP contribution in [0.25, 0.3) is 10.8 Å². The lowest BCUT2D eigenvalue weighted by Crippen LogP contribution is -2.28. The highest BCUT2D eigenvalue weighted by molar-refractivity contribution is 5.86. The molecule has 2 aromatic carbocycles. The van der Waals surface area contributed by atoms with Crippen LogP contribution in [0, 0.1) is 17.8 Å². The molecule has 0 aliphatic rings. The molecule has 2 rings (SSSR count). The van der Waals surface area contributed by atoms with Crippen LogP contribution in [0.3, 0.4) is 0 Å². The fourth-order valence-electron chi connectivity index (χ4n) is 2.68. The summed E-state index contributed by atoms with van der Waals surface area (Å²) in [5.74, 6) is 6.16. The van der Waals surface area contributed by atoms with Gasteiger partial charge in [0.25, 0.3) is 0 Å². The molecule has 0 fully saturated rings. The quantitative estimate of drug-likeness (QED) is 0.581. The van der Waals surface area contributed by atoms with E-state index in [-0.39, 0.29) is 17.9 Å². The van der Waals surface area contributed by atoms with Crippen molar-refractivity contribution in [1.29, 1.82) is 0 Å². The van der Waals surface area contributed by atoms with Gasteiger partial charge >= 0.3 is 0 Å². The predicted octanol–water partition coefficient (Wildman–Crippen LogP) is 4.21. The molecule has 0 spiro atoms. The maximum atomic E-state index is 11.4. The molecule has 0 aliphatic carbocycles. The lowest BCUT2D eigenvalue weighted by atomic mass is 10.00. The summed E-state index contributed by atoms with van der Waals surface area (Å²) in [6.07, 6.45) is 4.57. The molecule has 0 radical (unpaired) electrons. The molecule has 0 unspecified atom stereocenters. The first kappa shape index (κ1) is 19.8. The van der Waals surface area contributed by atoms with Crippen LogP contribution in [0.1, 0.15) is 38.8 Å². The van der Waals surface area contributed by atoms with Gasteiger partial charge in [-0.05, 0) is 29.3 Å². The van der Waals surface area contributed by atoms with Gasteiger partial charge in [-0.3, -0.25) is 4.79 Å². The third-order valence-electron chi connectivity index (χ3n) is 4.21. The predicted molar refractivity (Wildman–Crippen MR) is 110 cm³/mol. The van der Waals surface area contributed by atoms with Gasteiger partial charge in [0.2, 0.25) is 5.91 Å². The number of benzene rings is 2. The maximum absolute atomic E-state index is 11.4. The smallest absolute Gasteiger partial charge is 0.222 e. The second kappa shape index (κ2) is 10.4. The van der Waals surface area contributed by atoms with Crippen LogP contribution in [-0.2, 0) is 4.79 Å². The highest BCUT2D eigenvalue weighted by Crippen LogP contribution is 2.23. The molecule has 0 aliphatic heterocycles. The van der Waals surface area contributed by atoms with E-state index in [0.717, 1.165) is 6.54 Å². The molecule has 136 valence electrons. The molecule has 0 heterocycles. The van der Waals surface area contributed by atoms with Gasteiger partial charge in [0.05, 0.1) is 0 Å². The second-order valence-corrected chi connectivity index (χ2v) is 6.62. The molecule has 0 saturated heterocycles. The number of nitrogens with one attached hydrogen (secondary N) is 2. The minimum absolute atomic E-state index is 0.0256. The average Bonchev–Trinajstić information content (AvgIpc) is 2.65. The van der Waals surface area contributed by atoms with Gasteiger partial charge in [-0.25, -0.2) is 0 Å². The van der Waals surface area contributed by atoms with Gasteiger partial charge in [-0.1, -0.05) is 74.2 Å². The minimum Gasteiger partial charge on any atom is -0.355 e. The summed E-state index contributed by atoms with van der Waals surface area (Å²) in [5.41, 5.74) is 1.31. The number of carbonyl (C=O) groups excluding carboxylic acids is 1. The van der Waals surface area contributed by atoms with Crippen LogP contribution >= 0.6 is 0 Å². The number of fused-ring (bicyclic) bond motifs is 1. The number of allylic oxidation sites excluding steroid dienone is 1. The van der Waals surface area contributed by atoms with Crippen LogP contribution in [0.15, 0.2) is 54.6 Å². The van der Waals surface area contributed by atoms with E-state index in [2.05, 4.69) is 71.9 Å². The summed E-state index contributed by atoms with van der Waals surface area (Å²) >= 11 is 0. The highest BCUT2D eigenvalue weighted by atomic mass is 16.1. The number of hydrogen-bond acceptors (Lipinski definition) is 2. The number of rotatable bonds is 7. The monoisotopic (exact) mass is 348 g/mol. The zero-order valence-electron chi connectivity index (χ0n) is 15.9. The Morgan fingerprint density at radius 3 is 2.69 bits per heavy atom. The van der Waals surface area contributed by atoms with E-state index in [9.17, 15) is 4.79 Å². The first-order valence-corrected chi connectivity index (χ1v) is 9.21. The van der Waals surface area contributed by atoms with Crippen molar-refractivity contribution in [1.82, 2.24) is 10.6 Å². The third-order valence-corrected chi connectivity index (χ3v) is 4.21. The first-order valence-electron chi connectivity index (χ1n) is 9.21. The van der Waals surface area contributed by atoms with E-state index in [1.54, 1.807) is 0 Å².